The van der Waals surface area contributed by atoms with Crippen LogP contribution >= 0.6 is 0 Å². The minimum absolute atomic E-state index is 0.0763. The third-order valence-electron chi connectivity index (χ3n) is 3.83. The van der Waals surface area contributed by atoms with Gasteiger partial charge in [-0.25, -0.2) is 0 Å². The van der Waals surface area contributed by atoms with E-state index in [9.17, 15) is 9.59 Å². The summed E-state index contributed by atoms with van der Waals surface area (Å²) in [7, 11) is 0. The highest BCUT2D eigenvalue weighted by molar-refractivity contribution is 5.86. The molecule has 0 aromatic heterocycles. The Balaban J connectivity index is 2.14. The summed E-state index contributed by atoms with van der Waals surface area (Å²) in [6, 6.07) is -0.457. The van der Waals surface area contributed by atoms with E-state index >= 15 is 0 Å². The predicted molar refractivity (Wildman–Crippen MR) is 82.9 cm³/mol. The maximum absolute atomic E-state index is 12.0. The Labute approximate surface area is 128 Å². The average molecular weight is 298 g/mol. The molecule has 1 aliphatic carbocycles. The second-order valence-electron chi connectivity index (χ2n) is 6.20. The fraction of sp³-hybridized carbons (Fsp3) is 0.875. The quantitative estimate of drug-likeness (QED) is 0.674. The molecule has 1 atom stereocenters. The number of hydrogen-bond donors (Lipinski definition) is 2. The van der Waals surface area contributed by atoms with Crippen LogP contribution in [-0.2, 0) is 14.3 Å². The van der Waals surface area contributed by atoms with E-state index in [1.807, 2.05) is 13.8 Å². The van der Waals surface area contributed by atoms with Gasteiger partial charge in [-0.3, -0.25) is 9.59 Å². The van der Waals surface area contributed by atoms with Crippen molar-refractivity contribution < 1.29 is 14.3 Å². The van der Waals surface area contributed by atoms with Gasteiger partial charge < -0.3 is 15.4 Å². The first-order valence-electron chi connectivity index (χ1n) is 8.17. The summed E-state index contributed by atoms with van der Waals surface area (Å²) in [5.41, 5.74) is 0. The van der Waals surface area contributed by atoms with Crippen molar-refractivity contribution in [1.29, 1.82) is 0 Å². The van der Waals surface area contributed by atoms with E-state index in [2.05, 4.69) is 10.6 Å². The second kappa shape index (κ2) is 9.77. The largest absolute Gasteiger partial charge is 0.378 e. The van der Waals surface area contributed by atoms with Crippen molar-refractivity contribution in [2.75, 3.05) is 13.2 Å². The van der Waals surface area contributed by atoms with E-state index < -0.39 is 6.04 Å². The number of carbonyl (C=O) groups excluding carboxylic acids is 2. The first-order valence-corrected chi connectivity index (χ1v) is 8.17. The third-order valence-corrected chi connectivity index (χ3v) is 3.83. The van der Waals surface area contributed by atoms with Crippen LogP contribution < -0.4 is 10.6 Å². The van der Waals surface area contributed by atoms with Gasteiger partial charge in [-0.05, 0) is 25.2 Å². The van der Waals surface area contributed by atoms with Crippen LogP contribution in [0.4, 0.5) is 0 Å². The highest BCUT2D eigenvalue weighted by Crippen LogP contribution is 2.20. The molecule has 0 bridgehead atoms. The molecule has 5 nitrogen and oxygen atoms in total. The molecule has 0 aromatic carbocycles. The standard InChI is InChI=1S/C16H30N2O3/c1-12(2)15(18-13(3)19)16(20)17-10-7-11-21-14-8-5-4-6-9-14/h12,14-15H,4-11H2,1-3H3,(H,17,20)(H,18,19). The van der Waals surface area contributed by atoms with Crippen LogP contribution in [0.3, 0.4) is 0 Å². The molecule has 122 valence electrons. The average Bonchev–Trinajstić information content (AvgIpc) is 2.44. The van der Waals surface area contributed by atoms with Crippen molar-refractivity contribution in [2.45, 2.75) is 71.4 Å². The molecule has 2 N–H and O–H groups in total. The van der Waals surface area contributed by atoms with E-state index in [1.165, 1.54) is 39.0 Å². The van der Waals surface area contributed by atoms with Gasteiger partial charge >= 0.3 is 0 Å². The number of amides is 2. The van der Waals surface area contributed by atoms with E-state index in [4.69, 9.17) is 4.74 Å². The number of rotatable bonds is 8. The zero-order chi connectivity index (χ0) is 15.7. The summed E-state index contributed by atoms with van der Waals surface area (Å²) in [5, 5.41) is 5.56. The fourth-order valence-electron chi connectivity index (χ4n) is 2.63. The lowest BCUT2D eigenvalue weighted by Gasteiger charge is -2.22. The molecule has 0 radical (unpaired) electrons. The van der Waals surface area contributed by atoms with Crippen LogP contribution in [0.25, 0.3) is 0 Å². The highest BCUT2D eigenvalue weighted by atomic mass is 16.5. The third kappa shape index (κ3) is 7.46. The Bertz CT molecular complexity index is 325. The molecule has 1 unspecified atom stereocenters. The zero-order valence-electron chi connectivity index (χ0n) is 13.6. The van der Waals surface area contributed by atoms with Gasteiger partial charge in [0.2, 0.25) is 11.8 Å². The topological polar surface area (TPSA) is 67.4 Å². The lowest BCUT2D eigenvalue weighted by molar-refractivity contribution is -0.129. The summed E-state index contributed by atoms with van der Waals surface area (Å²) in [4.78, 5) is 23.1. The molecule has 1 saturated carbocycles. The maximum Gasteiger partial charge on any atom is 0.242 e. The lowest BCUT2D eigenvalue weighted by atomic mass is 9.98. The monoisotopic (exact) mass is 298 g/mol. The Morgan fingerprint density at radius 2 is 1.86 bits per heavy atom. The van der Waals surface area contributed by atoms with E-state index in [0.29, 0.717) is 19.3 Å². The van der Waals surface area contributed by atoms with Gasteiger partial charge in [0.05, 0.1) is 6.10 Å². The van der Waals surface area contributed by atoms with Crippen LogP contribution in [0.1, 0.15) is 59.3 Å². The van der Waals surface area contributed by atoms with Gasteiger partial charge in [-0.2, -0.15) is 0 Å². The first-order chi connectivity index (χ1) is 10.0. The van der Waals surface area contributed by atoms with Gasteiger partial charge in [-0.15, -0.1) is 0 Å². The molecule has 0 heterocycles. The number of ether oxygens (including phenoxy) is 1. The Hall–Kier alpha value is -1.10. The first kappa shape index (κ1) is 18.0. The number of nitrogens with one attached hydrogen (secondary N) is 2. The lowest BCUT2D eigenvalue weighted by Crippen LogP contribution is -2.49. The van der Waals surface area contributed by atoms with Crippen molar-refractivity contribution in [3.8, 4) is 0 Å². The molecule has 5 heteroatoms. The molecular weight excluding hydrogens is 268 g/mol. The van der Waals surface area contributed by atoms with Crippen molar-refractivity contribution in [1.82, 2.24) is 10.6 Å². The molecule has 21 heavy (non-hydrogen) atoms. The van der Waals surface area contributed by atoms with Gasteiger partial charge in [0.15, 0.2) is 0 Å². The minimum atomic E-state index is -0.457. The molecule has 0 saturated heterocycles. The van der Waals surface area contributed by atoms with Gasteiger partial charge in [0.1, 0.15) is 6.04 Å². The molecule has 2 amide bonds. The molecular formula is C16H30N2O3. The maximum atomic E-state index is 12.0. The van der Waals surface area contributed by atoms with Crippen LogP contribution in [0, 0.1) is 5.92 Å². The molecule has 1 aliphatic rings. The van der Waals surface area contributed by atoms with Crippen molar-refractivity contribution in [2.24, 2.45) is 5.92 Å². The van der Waals surface area contributed by atoms with Crippen LogP contribution in [0.5, 0.6) is 0 Å². The molecule has 0 spiro atoms. The van der Waals surface area contributed by atoms with Crippen molar-refractivity contribution in [3.63, 3.8) is 0 Å². The summed E-state index contributed by atoms with van der Waals surface area (Å²) in [6.07, 6.45) is 7.44. The summed E-state index contributed by atoms with van der Waals surface area (Å²) in [5.74, 6) is -0.213. The second-order valence-corrected chi connectivity index (χ2v) is 6.20. The van der Waals surface area contributed by atoms with Crippen molar-refractivity contribution >= 4 is 11.8 Å². The normalized spacial score (nSPS) is 17.5. The van der Waals surface area contributed by atoms with Gasteiger partial charge in [0.25, 0.3) is 0 Å². The number of carbonyl (C=O) groups is 2. The summed E-state index contributed by atoms with van der Waals surface area (Å²) >= 11 is 0. The Morgan fingerprint density at radius 3 is 2.43 bits per heavy atom. The SMILES string of the molecule is CC(=O)NC(C(=O)NCCCOC1CCCCC1)C(C)C. The minimum Gasteiger partial charge on any atom is -0.378 e. The molecule has 0 aromatic rings. The Kier molecular flexibility index (Phi) is 8.35. The van der Waals surface area contributed by atoms with E-state index in [1.54, 1.807) is 0 Å². The predicted octanol–water partition coefficient (Wildman–Crippen LogP) is 2.00. The van der Waals surface area contributed by atoms with Crippen LogP contribution in [0.2, 0.25) is 0 Å². The summed E-state index contributed by atoms with van der Waals surface area (Å²) < 4.78 is 5.82. The van der Waals surface area contributed by atoms with Gasteiger partial charge in [0, 0.05) is 20.1 Å². The Morgan fingerprint density at radius 1 is 1.19 bits per heavy atom. The van der Waals surface area contributed by atoms with Crippen LogP contribution in [-0.4, -0.2) is 37.1 Å². The van der Waals surface area contributed by atoms with E-state index in [0.717, 1.165) is 6.42 Å². The van der Waals surface area contributed by atoms with Crippen LogP contribution in [0.15, 0.2) is 0 Å². The fourth-order valence-corrected chi connectivity index (χ4v) is 2.63. The number of hydrogen-bond acceptors (Lipinski definition) is 3. The summed E-state index contributed by atoms with van der Waals surface area (Å²) in [6.45, 7) is 6.56. The zero-order valence-corrected chi connectivity index (χ0v) is 13.6. The van der Waals surface area contributed by atoms with E-state index in [-0.39, 0.29) is 17.7 Å². The highest BCUT2D eigenvalue weighted by Gasteiger charge is 2.22. The smallest absolute Gasteiger partial charge is 0.242 e. The molecule has 1 fully saturated rings. The van der Waals surface area contributed by atoms with Gasteiger partial charge in [-0.1, -0.05) is 33.1 Å². The molecule has 1 rings (SSSR count). The van der Waals surface area contributed by atoms with Crippen molar-refractivity contribution in [3.05, 3.63) is 0 Å². The molecule has 0 aliphatic heterocycles.